The van der Waals surface area contributed by atoms with Crippen molar-refractivity contribution in [2.45, 2.75) is 37.9 Å². The Balaban J connectivity index is 1.64. The molecule has 3 rings (SSSR count). The highest BCUT2D eigenvalue weighted by atomic mass is 16.5. The number of rotatable bonds is 3. The van der Waals surface area contributed by atoms with Gasteiger partial charge in [-0.25, -0.2) is 0 Å². The van der Waals surface area contributed by atoms with Gasteiger partial charge < -0.3 is 19.7 Å². The largest absolute Gasteiger partial charge is 0.493 e. The topological polar surface area (TPSA) is 33.7 Å². The predicted octanol–water partition coefficient (Wildman–Crippen LogP) is 1.68. The van der Waals surface area contributed by atoms with Gasteiger partial charge in [-0.15, -0.1) is 0 Å². The summed E-state index contributed by atoms with van der Waals surface area (Å²) in [4.78, 5) is 2.42. The molecule has 0 unspecified atom stereocenters. The van der Waals surface area contributed by atoms with Gasteiger partial charge in [0.1, 0.15) is 6.61 Å². The Hall–Kier alpha value is -1.26. The van der Waals surface area contributed by atoms with Crippen LogP contribution >= 0.6 is 0 Å². The van der Waals surface area contributed by atoms with Crippen molar-refractivity contribution in [3.8, 4) is 11.5 Å². The second-order valence-corrected chi connectivity index (χ2v) is 6.05. The third-order valence-electron chi connectivity index (χ3n) is 4.53. The van der Waals surface area contributed by atoms with E-state index in [1.165, 1.54) is 12.0 Å². The maximum absolute atomic E-state index is 5.92. The Kier molecular flexibility index (Phi) is 3.85. The van der Waals surface area contributed by atoms with Crippen LogP contribution in [0, 0.1) is 0 Å². The highest BCUT2D eigenvalue weighted by Crippen LogP contribution is 2.34. The van der Waals surface area contributed by atoms with Gasteiger partial charge in [0.25, 0.3) is 0 Å². The normalized spacial score (nSPS) is 29.9. The summed E-state index contributed by atoms with van der Waals surface area (Å²) in [6.07, 6.45) is 2.24. The number of fused-ring (bicyclic) bond motifs is 1. The Bertz CT molecular complexity index is 468. The second-order valence-electron chi connectivity index (χ2n) is 6.05. The lowest BCUT2D eigenvalue weighted by molar-refractivity contribution is 0.217. The van der Waals surface area contributed by atoms with Crippen LogP contribution in [0.5, 0.6) is 11.5 Å². The van der Waals surface area contributed by atoms with Gasteiger partial charge in [-0.1, -0.05) is 12.1 Å². The summed E-state index contributed by atoms with van der Waals surface area (Å²) in [5.41, 5.74) is 1.24. The first-order valence-electron chi connectivity index (χ1n) is 7.42. The van der Waals surface area contributed by atoms with Crippen molar-refractivity contribution in [3.63, 3.8) is 0 Å². The molecule has 20 heavy (non-hydrogen) atoms. The second kappa shape index (κ2) is 5.62. The Morgan fingerprint density at radius 1 is 1.35 bits per heavy atom. The third-order valence-corrected chi connectivity index (χ3v) is 4.53. The van der Waals surface area contributed by atoms with E-state index in [0.717, 1.165) is 31.1 Å². The lowest BCUT2D eigenvalue weighted by atomic mass is 10.0. The number of benzene rings is 1. The minimum atomic E-state index is 0.401. The molecule has 1 aromatic carbocycles. The molecule has 0 spiro atoms. The lowest BCUT2D eigenvalue weighted by Crippen LogP contribution is -2.45. The van der Waals surface area contributed by atoms with Gasteiger partial charge in [0.15, 0.2) is 11.5 Å². The quantitative estimate of drug-likeness (QED) is 0.911. The van der Waals surface area contributed by atoms with Crippen molar-refractivity contribution in [2.24, 2.45) is 0 Å². The molecular weight excluding hydrogens is 252 g/mol. The molecule has 4 heteroatoms. The summed E-state index contributed by atoms with van der Waals surface area (Å²) >= 11 is 0. The summed E-state index contributed by atoms with van der Waals surface area (Å²) in [5, 5.41) is 3.75. The molecule has 0 saturated carbocycles. The monoisotopic (exact) mass is 276 g/mol. The molecule has 1 saturated heterocycles. The Morgan fingerprint density at radius 2 is 2.20 bits per heavy atom. The molecule has 2 heterocycles. The fraction of sp³-hybridized carbons (Fsp3) is 0.625. The van der Waals surface area contributed by atoms with Crippen molar-refractivity contribution < 1.29 is 9.47 Å². The van der Waals surface area contributed by atoms with E-state index in [0.29, 0.717) is 18.1 Å². The zero-order chi connectivity index (χ0) is 14.1. The number of nitrogens with one attached hydrogen (secondary N) is 1. The van der Waals surface area contributed by atoms with E-state index in [4.69, 9.17) is 9.47 Å². The van der Waals surface area contributed by atoms with Crippen LogP contribution in [0.2, 0.25) is 0 Å². The fourth-order valence-electron chi connectivity index (χ4n) is 3.31. The maximum atomic E-state index is 5.92. The van der Waals surface area contributed by atoms with Crippen molar-refractivity contribution >= 4 is 0 Å². The van der Waals surface area contributed by atoms with Gasteiger partial charge in [0, 0.05) is 24.7 Å². The maximum Gasteiger partial charge on any atom is 0.164 e. The van der Waals surface area contributed by atoms with E-state index in [-0.39, 0.29) is 0 Å². The zero-order valence-electron chi connectivity index (χ0n) is 12.6. The van der Waals surface area contributed by atoms with E-state index in [9.17, 15) is 0 Å². The average molecular weight is 276 g/mol. The molecule has 0 radical (unpaired) electrons. The van der Waals surface area contributed by atoms with Crippen LogP contribution in [0.1, 0.15) is 18.9 Å². The third kappa shape index (κ3) is 2.63. The molecular formula is C16H24N2O2. The van der Waals surface area contributed by atoms with Crippen molar-refractivity contribution in [3.05, 3.63) is 23.8 Å². The van der Waals surface area contributed by atoms with E-state index in [1.807, 2.05) is 12.1 Å². The van der Waals surface area contributed by atoms with Crippen molar-refractivity contribution in [1.82, 2.24) is 10.2 Å². The van der Waals surface area contributed by atoms with Gasteiger partial charge in [-0.05, 0) is 38.4 Å². The van der Waals surface area contributed by atoms with Crippen LogP contribution in [-0.4, -0.2) is 50.3 Å². The van der Waals surface area contributed by atoms with E-state index >= 15 is 0 Å². The molecule has 0 bridgehead atoms. The van der Waals surface area contributed by atoms with Crippen LogP contribution in [-0.2, 0) is 6.42 Å². The van der Waals surface area contributed by atoms with Crippen LogP contribution in [0.4, 0.5) is 0 Å². The summed E-state index contributed by atoms with van der Waals surface area (Å²) in [6.45, 7) is 4.14. The van der Waals surface area contributed by atoms with Crippen LogP contribution in [0.15, 0.2) is 18.2 Å². The Labute approximate surface area is 121 Å². The van der Waals surface area contributed by atoms with Gasteiger partial charge >= 0.3 is 0 Å². The molecule has 1 fully saturated rings. The van der Waals surface area contributed by atoms with Crippen LogP contribution in [0.25, 0.3) is 0 Å². The molecule has 1 N–H and O–H groups in total. The highest BCUT2D eigenvalue weighted by Gasteiger charge is 2.30. The summed E-state index contributed by atoms with van der Waals surface area (Å²) in [6, 6.07) is 7.78. The number of hydrogen-bond acceptors (Lipinski definition) is 4. The summed E-state index contributed by atoms with van der Waals surface area (Å²) in [7, 11) is 3.89. The number of likely N-dealkylation sites (tertiary alicyclic amines) is 1. The first kappa shape index (κ1) is 13.7. The first-order chi connectivity index (χ1) is 9.67. The molecule has 3 atom stereocenters. The lowest BCUT2D eigenvalue weighted by Gasteiger charge is -2.29. The average Bonchev–Trinajstić information content (AvgIpc) is 2.76. The van der Waals surface area contributed by atoms with Gasteiger partial charge in [-0.3, -0.25) is 0 Å². The summed E-state index contributed by atoms with van der Waals surface area (Å²) < 4.78 is 11.3. The molecule has 0 amide bonds. The van der Waals surface area contributed by atoms with E-state index in [1.54, 1.807) is 7.11 Å². The van der Waals surface area contributed by atoms with Crippen molar-refractivity contribution in [2.75, 3.05) is 27.3 Å². The number of ether oxygens (including phenoxy) is 2. The molecule has 2 aliphatic heterocycles. The first-order valence-corrected chi connectivity index (χ1v) is 7.42. The standard InChI is InChI=1S/C16H24N2O2/c1-11-7-13(9-18(11)2)17-14-8-12-5-4-6-15(19-3)16(12)20-10-14/h4-6,11,13-14,17H,7-10H2,1-3H3/t11-,13-,14+/m0/s1. The van der Waals surface area contributed by atoms with Crippen LogP contribution in [0.3, 0.4) is 0 Å². The number of methoxy groups -OCH3 is 1. The van der Waals surface area contributed by atoms with Crippen LogP contribution < -0.4 is 14.8 Å². The molecule has 1 aromatic rings. The summed E-state index contributed by atoms with van der Waals surface area (Å²) in [5.74, 6) is 1.76. The predicted molar refractivity (Wildman–Crippen MR) is 79.6 cm³/mol. The minimum absolute atomic E-state index is 0.401. The number of para-hydroxylation sites is 1. The van der Waals surface area contributed by atoms with Gasteiger partial charge in [-0.2, -0.15) is 0 Å². The zero-order valence-corrected chi connectivity index (χ0v) is 12.6. The molecule has 0 aliphatic carbocycles. The molecule has 2 aliphatic rings. The number of hydrogen-bond donors (Lipinski definition) is 1. The van der Waals surface area contributed by atoms with Gasteiger partial charge in [0.05, 0.1) is 7.11 Å². The van der Waals surface area contributed by atoms with Gasteiger partial charge in [0.2, 0.25) is 0 Å². The van der Waals surface area contributed by atoms with E-state index < -0.39 is 0 Å². The number of likely N-dealkylation sites (N-methyl/N-ethyl adjacent to an activating group) is 1. The van der Waals surface area contributed by atoms with Crippen molar-refractivity contribution in [1.29, 1.82) is 0 Å². The molecule has 0 aromatic heterocycles. The Morgan fingerprint density at radius 3 is 2.90 bits per heavy atom. The van der Waals surface area contributed by atoms with E-state index in [2.05, 4.69) is 30.3 Å². The smallest absolute Gasteiger partial charge is 0.164 e. The molecule has 110 valence electrons. The number of nitrogens with zero attached hydrogens (tertiary/aromatic N) is 1. The highest BCUT2D eigenvalue weighted by molar-refractivity contribution is 5.48. The SMILES string of the molecule is COc1cccc2c1OC[C@H](N[C@H]1C[C@H](C)N(C)C1)C2. The minimum Gasteiger partial charge on any atom is -0.493 e. The molecule has 4 nitrogen and oxygen atoms in total. The fourth-order valence-corrected chi connectivity index (χ4v) is 3.31.